The number of aliphatic imine (C=N–C) groups is 2. The van der Waals surface area contributed by atoms with Crippen molar-refractivity contribution in [3.63, 3.8) is 0 Å². The van der Waals surface area contributed by atoms with E-state index in [9.17, 15) is 0 Å². The van der Waals surface area contributed by atoms with Crippen molar-refractivity contribution in [3.05, 3.63) is 216 Å². The summed E-state index contributed by atoms with van der Waals surface area (Å²) in [6, 6.07) is 52.0. The van der Waals surface area contributed by atoms with Crippen LogP contribution in [0.4, 0.5) is 0 Å². The highest BCUT2D eigenvalue weighted by atomic mass is 15.2. The van der Waals surface area contributed by atoms with Gasteiger partial charge in [-0.25, -0.2) is 9.98 Å². The van der Waals surface area contributed by atoms with Crippen molar-refractivity contribution in [3.8, 4) is 16.8 Å². The Bertz CT molecular complexity index is 2740. The number of dihydropyridines is 1. The molecule has 5 nitrogen and oxygen atoms in total. The van der Waals surface area contributed by atoms with Gasteiger partial charge in [0.15, 0.2) is 6.17 Å². The maximum Gasteiger partial charge on any atom is 0.171 e. The van der Waals surface area contributed by atoms with Crippen LogP contribution in [-0.4, -0.2) is 28.9 Å². The summed E-state index contributed by atoms with van der Waals surface area (Å²) in [7, 11) is 0. The molecule has 0 bridgehead atoms. The molecule has 3 heterocycles. The number of hydrogen-bond acceptors (Lipinski definition) is 4. The van der Waals surface area contributed by atoms with Gasteiger partial charge in [0.05, 0.1) is 11.0 Å². The number of fused-ring (bicyclic) bond motifs is 3. The fourth-order valence-corrected chi connectivity index (χ4v) is 7.97. The second-order valence-electron chi connectivity index (χ2n) is 15.3. The number of hydrogen-bond donors (Lipinski definition) is 2. The topological polar surface area (TPSA) is 53.7 Å². The first-order chi connectivity index (χ1) is 28.5. The van der Waals surface area contributed by atoms with E-state index in [-0.39, 0.29) is 0 Å². The van der Waals surface area contributed by atoms with Gasteiger partial charge in [0.2, 0.25) is 0 Å². The lowest BCUT2D eigenvalue weighted by Gasteiger charge is -2.25. The molecule has 2 aliphatic heterocycles. The van der Waals surface area contributed by atoms with Crippen molar-refractivity contribution < 1.29 is 0 Å². The van der Waals surface area contributed by atoms with Crippen LogP contribution >= 0.6 is 0 Å². The molecule has 0 fully saturated rings. The molecule has 0 spiro atoms. The van der Waals surface area contributed by atoms with Crippen LogP contribution < -0.4 is 10.6 Å². The first kappa shape index (κ1) is 36.6. The van der Waals surface area contributed by atoms with E-state index >= 15 is 0 Å². The molecule has 1 aromatic heterocycles. The van der Waals surface area contributed by atoms with E-state index in [1.165, 1.54) is 60.8 Å². The zero-order chi connectivity index (χ0) is 39.4. The third kappa shape index (κ3) is 7.59. The summed E-state index contributed by atoms with van der Waals surface area (Å²) in [4.78, 5) is 10.2. The smallest absolute Gasteiger partial charge is 0.171 e. The maximum atomic E-state index is 5.12. The van der Waals surface area contributed by atoms with Crippen LogP contribution in [0.5, 0.6) is 0 Å². The molecule has 2 N–H and O–H groups in total. The fraction of sp³-hybridized carbons (Fsp3) is 0.132. The van der Waals surface area contributed by atoms with Crippen molar-refractivity contribution in [2.24, 2.45) is 9.98 Å². The van der Waals surface area contributed by atoms with Gasteiger partial charge in [-0.15, -0.1) is 6.58 Å². The second-order valence-corrected chi connectivity index (χ2v) is 15.3. The van der Waals surface area contributed by atoms with Gasteiger partial charge in [0.1, 0.15) is 11.7 Å². The molecule has 0 saturated carbocycles. The number of rotatable bonds is 11. The van der Waals surface area contributed by atoms with Gasteiger partial charge in [-0.1, -0.05) is 133 Å². The van der Waals surface area contributed by atoms with Crippen molar-refractivity contribution in [2.75, 3.05) is 6.54 Å². The third-order valence-electron chi connectivity index (χ3n) is 11.1. The molecule has 0 unspecified atom stereocenters. The predicted molar refractivity (Wildman–Crippen MR) is 245 cm³/mol. The molecule has 284 valence electrons. The molecule has 7 aromatic rings. The number of aryl methyl sites for hydroxylation is 1. The quantitative estimate of drug-likeness (QED) is 0.129. The monoisotopic (exact) mass is 753 g/mol. The molecule has 0 aliphatic carbocycles. The standard InChI is InChI=1S/C53H47N5/c1-36(2)15-7-4-12-20-41-31-42(24-23-37(41)3)38-25-28-46(29-26-38)58-49-22-14-13-21-47(49)48-33-43(27-30-50(48)58)44-32-45(35-54-34-44)53-56-51(39-16-8-5-9-17-39)55-52(57-53)40-18-10-6-11-19-40/h4-6,8-14,16-19,21-33,35,53-54H,1,7,15,20,34H2,2-3H3,(H,55,56,57)/b12-4-. The Morgan fingerprint density at radius 1 is 0.690 bits per heavy atom. The molecule has 6 aromatic carbocycles. The Balaban J connectivity index is 1.02. The fourth-order valence-electron chi connectivity index (χ4n) is 7.97. The summed E-state index contributed by atoms with van der Waals surface area (Å²) in [5.41, 5.74) is 15.3. The lowest BCUT2D eigenvalue weighted by molar-refractivity contribution is 0.793. The Labute approximate surface area is 341 Å². The van der Waals surface area contributed by atoms with Gasteiger partial charge >= 0.3 is 0 Å². The molecule has 0 amide bonds. The van der Waals surface area contributed by atoms with E-state index in [1.54, 1.807) is 0 Å². The van der Waals surface area contributed by atoms with E-state index in [0.29, 0.717) is 0 Å². The maximum absolute atomic E-state index is 5.12. The zero-order valence-electron chi connectivity index (χ0n) is 33.1. The number of benzene rings is 6. The van der Waals surface area contributed by atoms with Gasteiger partial charge in [-0.3, -0.25) is 0 Å². The summed E-state index contributed by atoms with van der Waals surface area (Å²) in [5.74, 6) is 1.62. The molecular formula is C53H47N5. The molecule has 2 aliphatic rings. The average molecular weight is 754 g/mol. The van der Waals surface area contributed by atoms with Crippen LogP contribution in [0.15, 0.2) is 198 Å². The van der Waals surface area contributed by atoms with E-state index in [4.69, 9.17) is 9.98 Å². The number of amidine groups is 2. The van der Waals surface area contributed by atoms with Crippen LogP contribution in [0.25, 0.3) is 44.2 Å². The summed E-state index contributed by atoms with van der Waals surface area (Å²) in [6.45, 7) is 9.04. The summed E-state index contributed by atoms with van der Waals surface area (Å²) >= 11 is 0. The third-order valence-corrected chi connectivity index (χ3v) is 11.1. The minimum atomic E-state index is -0.400. The molecule has 0 saturated heterocycles. The Kier molecular flexibility index (Phi) is 10.3. The summed E-state index contributed by atoms with van der Waals surface area (Å²) in [6.07, 6.45) is 11.5. The Hall–Kier alpha value is -6.98. The first-order valence-corrected chi connectivity index (χ1v) is 20.2. The number of para-hydroxylation sites is 1. The largest absolute Gasteiger partial charge is 0.386 e. The normalized spacial score (nSPS) is 14.4. The van der Waals surface area contributed by atoms with E-state index in [2.05, 4.69) is 169 Å². The van der Waals surface area contributed by atoms with Crippen LogP contribution in [0.2, 0.25) is 0 Å². The molecule has 9 rings (SSSR count). The molecule has 0 atom stereocenters. The molecule has 0 radical (unpaired) electrons. The lowest BCUT2D eigenvalue weighted by atomic mass is 9.97. The number of allylic oxidation sites excluding steroid dienone is 3. The van der Waals surface area contributed by atoms with E-state index in [1.807, 2.05) is 36.4 Å². The molecule has 58 heavy (non-hydrogen) atoms. The van der Waals surface area contributed by atoms with Crippen LogP contribution in [-0.2, 0) is 6.42 Å². The van der Waals surface area contributed by atoms with Crippen LogP contribution in [0, 0.1) is 6.92 Å². The van der Waals surface area contributed by atoms with Gasteiger partial charge in [-0.05, 0) is 103 Å². The molecule has 5 heteroatoms. The van der Waals surface area contributed by atoms with Crippen LogP contribution in [0.1, 0.15) is 47.6 Å². The SMILES string of the molecule is C=C(C)CC/C=C\Cc1cc(-c2ccc(-n3c4ccccc4c4cc(C5=CC(C6N=C(c7ccccc7)NC(c7ccccc7)=N6)=CNC5)ccc43)cc2)ccc1C. The summed E-state index contributed by atoms with van der Waals surface area (Å²) < 4.78 is 2.39. The first-order valence-electron chi connectivity index (χ1n) is 20.2. The van der Waals surface area contributed by atoms with Crippen molar-refractivity contribution in [1.82, 2.24) is 15.2 Å². The number of nitrogens with zero attached hydrogens (tertiary/aromatic N) is 3. The highest BCUT2D eigenvalue weighted by Crippen LogP contribution is 2.35. The second kappa shape index (κ2) is 16.2. The Morgan fingerprint density at radius 2 is 1.34 bits per heavy atom. The van der Waals surface area contributed by atoms with Gasteiger partial charge in [0, 0.05) is 45.9 Å². The Morgan fingerprint density at radius 3 is 2.07 bits per heavy atom. The van der Waals surface area contributed by atoms with Crippen LogP contribution in [0.3, 0.4) is 0 Å². The van der Waals surface area contributed by atoms with Gasteiger partial charge < -0.3 is 15.2 Å². The van der Waals surface area contributed by atoms with E-state index in [0.717, 1.165) is 59.9 Å². The average Bonchev–Trinajstić information content (AvgIpc) is 3.61. The molecular weight excluding hydrogens is 707 g/mol. The minimum absolute atomic E-state index is 0.400. The van der Waals surface area contributed by atoms with E-state index < -0.39 is 6.17 Å². The lowest BCUT2D eigenvalue weighted by Crippen LogP contribution is -2.38. The zero-order valence-corrected chi connectivity index (χ0v) is 33.1. The van der Waals surface area contributed by atoms with Crippen molar-refractivity contribution >= 4 is 39.1 Å². The van der Waals surface area contributed by atoms with Crippen molar-refractivity contribution in [1.29, 1.82) is 0 Å². The minimum Gasteiger partial charge on any atom is -0.386 e. The number of aromatic nitrogens is 1. The number of nitrogens with one attached hydrogen (secondary N) is 2. The van der Waals surface area contributed by atoms with Gasteiger partial charge in [0.25, 0.3) is 0 Å². The predicted octanol–water partition coefficient (Wildman–Crippen LogP) is 11.9. The highest BCUT2D eigenvalue weighted by molar-refractivity contribution is 6.16. The van der Waals surface area contributed by atoms with Gasteiger partial charge in [-0.2, -0.15) is 0 Å². The summed E-state index contributed by atoms with van der Waals surface area (Å²) in [5, 5.41) is 9.51. The highest BCUT2D eigenvalue weighted by Gasteiger charge is 2.23. The van der Waals surface area contributed by atoms with Crippen molar-refractivity contribution in [2.45, 2.75) is 39.3 Å².